The molecule has 0 aliphatic rings. The lowest BCUT2D eigenvalue weighted by Crippen LogP contribution is -2.30. The average molecular weight is 279 g/mol. The molecule has 0 aromatic carbocycles. The van der Waals surface area contributed by atoms with Gasteiger partial charge in [-0.1, -0.05) is 0 Å². The Bertz CT molecular complexity index is 552. The first-order valence-corrected chi connectivity index (χ1v) is 6.53. The number of nitro groups is 1. The van der Waals surface area contributed by atoms with Crippen LogP contribution in [0, 0.1) is 10.1 Å². The number of anilines is 1. The molecule has 0 amide bonds. The zero-order valence-electron chi connectivity index (χ0n) is 10.2. The van der Waals surface area contributed by atoms with Gasteiger partial charge < -0.3 is 10.4 Å². The molecular weight excluding hydrogens is 266 g/mol. The van der Waals surface area contributed by atoms with Crippen molar-refractivity contribution < 1.29 is 10.0 Å². The molecule has 0 aliphatic carbocycles. The fourth-order valence-corrected chi connectivity index (χ4v) is 2.32. The van der Waals surface area contributed by atoms with Crippen LogP contribution in [0.15, 0.2) is 35.2 Å². The van der Waals surface area contributed by atoms with Crippen molar-refractivity contribution in [3.63, 3.8) is 0 Å². The predicted octanol–water partition coefficient (Wildman–Crippen LogP) is 2.37. The van der Waals surface area contributed by atoms with E-state index in [-0.39, 0.29) is 12.2 Å². The van der Waals surface area contributed by atoms with Crippen LogP contribution in [0.1, 0.15) is 12.5 Å². The molecule has 2 N–H and O–H groups in total. The van der Waals surface area contributed by atoms with Crippen LogP contribution in [0.2, 0.25) is 0 Å². The van der Waals surface area contributed by atoms with Crippen molar-refractivity contribution in [2.24, 2.45) is 0 Å². The van der Waals surface area contributed by atoms with E-state index in [9.17, 15) is 15.2 Å². The van der Waals surface area contributed by atoms with Crippen LogP contribution in [0.5, 0.6) is 0 Å². The van der Waals surface area contributed by atoms with Gasteiger partial charge in [0.1, 0.15) is 17.6 Å². The zero-order valence-corrected chi connectivity index (χ0v) is 11.1. The number of hydrogen-bond donors (Lipinski definition) is 2. The molecule has 0 saturated carbocycles. The molecule has 19 heavy (non-hydrogen) atoms. The lowest BCUT2D eigenvalue weighted by atomic mass is 9.99. The monoisotopic (exact) mass is 279 g/mol. The summed E-state index contributed by atoms with van der Waals surface area (Å²) in [5, 5.41) is 27.5. The topological polar surface area (TPSA) is 88.3 Å². The van der Waals surface area contributed by atoms with Crippen molar-refractivity contribution in [2.75, 3.05) is 11.9 Å². The maximum Gasteiger partial charge on any atom is 0.287 e. The molecule has 7 heteroatoms. The van der Waals surface area contributed by atoms with E-state index in [1.807, 2.05) is 16.8 Å². The van der Waals surface area contributed by atoms with Crippen molar-refractivity contribution in [2.45, 2.75) is 12.5 Å². The minimum absolute atomic E-state index is 0.0601. The van der Waals surface area contributed by atoms with Crippen LogP contribution >= 0.6 is 11.3 Å². The predicted molar refractivity (Wildman–Crippen MR) is 73.3 cm³/mol. The van der Waals surface area contributed by atoms with E-state index in [0.29, 0.717) is 5.82 Å². The van der Waals surface area contributed by atoms with Crippen LogP contribution < -0.4 is 5.32 Å². The molecule has 0 aliphatic heterocycles. The molecule has 0 bridgehead atoms. The lowest BCUT2D eigenvalue weighted by Gasteiger charge is -2.23. The highest BCUT2D eigenvalue weighted by Gasteiger charge is 2.23. The van der Waals surface area contributed by atoms with Crippen molar-refractivity contribution in [1.29, 1.82) is 0 Å². The van der Waals surface area contributed by atoms with Gasteiger partial charge in [0.05, 0.1) is 4.92 Å². The van der Waals surface area contributed by atoms with Crippen molar-refractivity contribution in [3.8, 4) is 0 Å². The van der Waals surface area contributed by atoms with Gasteiger partial charge in [0.2, 0.25) is 0 Å². The molecule has 0 spiro atoms. The Kier molecular flexibility index (Phi) is 3.77. The van der Waals surface area contributed by atoms with Crippen LogP contribution in [0.4, 0.5) is 11.5 Å². The van der Waals surface area contributed by atoms with Crippen molar-refractivity contribution in [1.82, 2.24) is 4.98 Å². The molecule has 6 nitrogen and oxygen atoms in total. The first-order chi connectivity index (χ1) is 8.99. The maximum absolute atomic E-state index is 10.5. The molecule has 2 aromatic rings. The zero-order chi connectivity index (χ0) is 13.9. The Morgan fingerprint density at radius 3 is 2.84 bits per heavy atom. The summed E-state index contributed by atoms with van der Waals surface area (Å²) in [6.45, 7) is 1.97. The number of rotatable bonds is 5. The Balaban J connectivity index is 2.00. The quantitative estimate of drug-likeness (QED) is 0.648. The maximum atomic E-state index is 10.5. The van der Waals surface area contributed by atoms with E-state index in [1.165, 1.54) is 29.7 Å². The van der Waals surface area contributed by atoms with Gasteiger partial charge in [-0.15, -0.1) is 0 Å². The van der Waals surface area contributed by atoms with Crippen LogP contribution in [-0.4, -0.2) is 21.6 Å². The highest BCUT2D eigenvalue weighted by molar-refractivity contribution is 7.08. The third kappa shape index (κ3) is 3.27. The van der Waals surface area contributed by atoms with E-state index in [4.69, 9.17) is 0 Å². The molecule has 100 valence electrons. The van der Waals surface area contributed by atoms with Crippen LogP contribution in [-0.2, 0) is 5.60 Å². The Hall–Kier alpha value is -1.99. The number of aromatic nitrogens is 1. The van der Waals surface area contributed by atoms with E-state index in [2.05, 4.69) is 10.3 Å². The highest BCUT2D eigenvalue weighted by atomic mass is 32.1. The first-order valence-electron chi connectivity index (χ1n) is 5.58. The summed E-state index contributed by atoms with van der Waals surface area (Å²) in [7, 11) is 0. The van der Waals surface area contributed by atoms with Gasteiger partial charge in [-0.2, -0.15) is 11.3 Å². The van der Waals surface area contributed by atoms with E-state index in [1.54, 1.807) is 6.92 Å². The van der Waals surface area contributed by atoms with Crippen LogP contribution in [0.3, 0.4) is 0 Å². The van der Waals surface area contributed by atoms with Gasteiger partial charge in [-0.3, -0.25) is 10.1 Å². The normalized spacial score (nSPS) is 13.8. The summed E-state index contributed by atoms with van der Waals surface area (Å²) in [5.41, 5.74) is -0.245. The summed E-state index contributed by atoms with van der Waals surface area (Å²) in [4.78, 5) is 13.9. The van der Waals surface area contributed by atoms with Crippen molar-refractivity contribution >= 4 is 22.8 Å². The summed E-state index contributed by atoms with van der Waals surface area (Å²) in [5.74, 6) is 0.487. The largest absolute Gasteiger partial charge is 0.384 e. The number of hydrogen-bond acceptors (Lipinski definition) is 6. The van der Waals surface area contributed by atoms with Crippen LogP contribution in [0.25, 0.3) is 0 Å². The van der Waals surface area contributed by atoms with Gasteiger partial charge in [0.25, 0.3) is 5.69 Å². The second-order valence-corrected chi connectivity index (χ2v) is 5.08. The molecule has 0 saturated heterocycles. The first kappa shape index (κ1) is 13.4. The second-order valence-electron chi connectivity index (χ2n) is 4.30. The molecule has 2 rings (SSSR count). The van der Waals surface area contributed by atoms with Crippen molar-refractivity contribution in [3.05, 3.63) is 50.8 Å². The Morgan fingerprint density at radius 1 is 1.53 bits per heavy atom. The second kappa shape index (κ2) is 5.33. The average Bonchev–Trinajstić information content (AvgIpc) is 2.91. The molecule has 0 fully saturated rings. The molecular formula is C12H13N3O3S. The third-order valence-corrected chi connectivity index (χ3v) is 3.40. The number of pyridine rings is 1. The van der Waals surface area contributed by atoms with E-state index < -0.39 is 10.5 Å². The van der Waals surface area contributed by atoms with Gasteiger partial charge in [-0.25, -0.2) is 4.98 Å². The van der Waals surface area contributed by atoms with Gasteiger partial charge >= 0.3 is 0 Å². The fraction of sp³-hybridized carbons (Fsp3) is 0.250. The summed E-state index contributed by atoms with van der Waals surface area (Å²) >= 11 is 1.51. The molecule has 2 heterocycles. The molecule has 1 atom stereocenters. The Labute approximate surface area is 113 Å². The molecule has 0 unspecified atom stereocenters. The fourth-order valence-electron chi connectivity index (χ4n) is 1.53. The van der Waals surface area contributed by atoms with E-state index >= 15 is 0 Å². The highest BCUT2D eigenvalue weighted by Crippen LogP contribution is 2.23. The number of aliphatic hydroxyl groups is 1. The number of nitrogens with zero attached hydrogens (tertiary/aromatic N) is 2. The molecule has 0 radical (unpaired) electrons. The third-order valence-electron chi connectivity index (χ3n) is 2.72. The minimum Gasteiger partial charge on any atom is -0.384 e. The number of nitrogens with one attached hydrogen (secondary N) is 1. The lowest BCUT2D eigenvalue weighted by molar-refractivity contribution is -0.385. The van der Waals surface area contributed by atoms with Gasteiger partial charge in [-0.05, 0) is 35.4 Å². The molecule has 2 aromatic heterocycles. The van der Waals surface area contributed by atoms with E-state index in [0.717, 1.165) is 5.56 Å². The SMILES string of the molecule is C[C@@](O)(CNc1ccc([N+](=O)[O-])cn1)c1ccsc1. The standard InChI is InChI=1S/C12H13N3O3S/c1-12(16,9-4-5-19-7-9)8-14-11-3-2-10(6-13-11)15(17)18/h2-7,16H,8H2,1H3,(H,13,14)/t12-/m1/s1. The number of thiophene rings is 1. The minimum atomic E-state index is -1.01. The smallest absolute Gasteiger partial charge is 0.287 e. The Morgan fingerprint density at radius 2 is 2.32 bits per heavy atom. The summed E-state index contributed by atoms with van der Waals surface area (Å²) < 4.78 is 0. The summed E-state index contributed by atoms with van der Waals surface area (Å²) in [6, 6.07) is 4.74. The van der Waals surface area contributed by atoms with Gasteiger partial charge in [0, 0.05) is 12.6 Å². The van der Waals surface area contributed by atoms with Gasteiger partial charge in [0.15, 0.2) is 0 Å². The summed E-state index contributed by atoms with van der Waals surface area (Å²) in [6.07, 6.45) is 1.18.